The molecule has 0 aliphatic heterocycles. The van der Waals surface area contributed by atoms with Crippen molar-refractivity contribution in [1.82, 2.24) is 4.98 Å². The van der Waals surface area contributed by atoms with Gasteiger partial charge in [0, 0.05) is 11.8 Å². The highest BCUT2D eigenvalue weighted by Gasteiger charge is 2.16. The summed E-state index contributed by atoms with van der Waals surface area (Å²) in [6.45, 7) is 0. The number of rotatable bonds is 2. The normalized spacial score (nSPS) is 9.58. The summed E-state index contributed by atoms with van der Waals surface area (Å²) in [4.78, 5) is 14.1. The zero-order chi connectivity index (χ0) is 9.14. The van der Waals surface area contributed by atoms with Crippen LogP contribution in [0.1, 0.15) is 10.4 Å². The van der Waals surface area contributed by atoms with Crippen LogP contribution in [0.4, 0.5) is 0 Å². The van der Waals surface area contributed by atoms with Crippen molar-refractivity contribution in [2.45, 2.75) is 0 Å². The smallest absolute Gasteiger partial charge is 0.423 e. The van der Waals surface area contributed by atoms with Crippen LogP contribution in [-0.4, -0.2) is 28.4 Å². The fraction of sp³-hybridized carbons (Fsp3) is 0. The van der Waals surface area contributed by atoms with Crippen LogP contribution in [0, 0.1) is 0 Å². The first-order valence-electron chi connectivity index (χ1n) is 3.12. The minimum absolute atomic E-state index is 0.145. The van der Waals surface area contributed by atoms with Crippen LogP contribution in [0.5, 0.6) is 0 Å². The molecule has 1 rings (SSSR count). The summed E-state index contributed by atoms with van der Waals surface area (Å²) in [5, 5.41) is 17.6. The van der Waals surface area contributed by atoms with Crippen LogP contribution >= 0.6 is 15.9 Å². The molecular weight excluding hydrogens is 225 g/mol. The molecule has 1 aromatic rings. The van der Waals surface area contributed by atoms with Crippen LogP contribution < -0.4 is 5.46 Å². The molecule has 0 spiro atoms. The predicted molar refractivity (Wildman–Crippen MR) is 47.2 cm³/mol. The molecule has 0 aliphatic carbocycles. The molecule has 0 aromatic carbocycles. The van der Waals surface area contributed by atoms with Gasteiger partial charge in [-0.3, -0.25) is 4.79 Å². The number of hydrogen-bond donors (Lipinski definition) is 2. The van der Waals surface area contributed by atoms with Crippen molar-refractivity contribution in [1.29, 1.82) is 0 Å². The summed E-state index contributed by atoms with van der Waals surface area (Å²) in [5.41, 5.74) is 0.320. The monoisotopic (exact) mass is 229 g/mol. The van der Waals surface area contributed by atoms with E-state index in [9.17, 15) is 4.79 Å². The van der Waals surface area contributed by atoms with Gasteiger partial charge < -0.3 is 10.0 Å². The number of pyridine rings is 1. The minimum atomic E-state index is -1.65. The van der Waals surface area contributed by atoms with Crippen molar-refractivity contribution in [3.8, 4) is 0 Å². The van der Waals surface area contributed by atoms with E-state index in [0.717, 1.165) is 0 Å². The van der Waals surface area contributed by atoms with E-state index in [-0.39, 0.29) is 11.0 Å². The van der Waals surface area contributed by atoms with Crippen molar-refractivity contribution in [3.05, 3.63) is 22.4 Å². The molecule has 0 atom stereocenters. The number of nitrogens with zero attached hydrogens (tertiary/aromatic N) is 1. The van der Waals surface area contributed by atoms with E-state index in [2.05, 4.69) is 20.9 Å². The molecule has 0 radical (unpaired) electrons. The Morgan fingerprint density at radius 1 is 1.58 bits per heavy atom. The van der Waals surface area contributed by atoms with Gasteiger partial charge in [-0.1, -0.05) is 0 Å². The predicted octanol–water partition coefficient (Wildman–Crippen LogP) is -0.664. The molecule has 0 bridgehead atoms. The number of halogens is 1. The van der Waals surface area contributed by atoms with Gasteiger partial charge >= 0.3 is 7.12 Å². The molecule has 62 valence electrons. The van der Waals surface area contributed by atoms with Gasteiger partial charge in [-0.05, 0) is 27.5 Å². The standard InChI is InChI=1S/C6H5BBrNO3/c8-6-1-5(7(11)12)4(3-10)2-9-6/h1-3,11-12H. The first-order valence-corrected chi connectivity index (χ1v) is 3.91. The van der Waals surface area contributed by atoms with Crippen molar-refractivity contribution < 1.29 is 14.8 Å². The third-order valence-electron chi connectivity index (χ3n) is 1.34. The van der Waals surface area contributed by atoms with E-state index >= 15 is 0 Å². The fourth-order valence-electron chi connectivity index (χ4n) is 0.777. The van der Waals surface area contributed by atoms with E-state index in [1.165, 1.54) is 12.3 Å². The van der Waals surface area contributed by atoms with Crippen molar-refractivity contribution >= 4 is 34.8 Å². The molecule has 2 N–H and O–H groups in total. The van der Waals surface area contributed by atoms with E-state index in [4.69, 9.17) is 10.0 Å². The number of aromatic nitrogens is 1. The van der Waals surface area contributed by atoms with Gasteiger partial charge in [0.2, 0.25) is 0 Å². The topological polar surface area (TPSA) is 70.4 Å². The summed E-state index contributed by atoms with van der Waals surface area (Å²) < 4.78 is 0.455. The number of carbonyl (C=O) groups excluding carboxylic acids is 1. The third-order valence-corrected chi connectivity index (χ3v) is 1.77. The van der Waals surface area contributed by atoms with Gasteiger partial charge in [0.05, 0.1) is 0 Å². The second-order valence-corrected chi connectivity index (χ2v) is 2.94. The van der Waals surface area contributed by atoms with Crippen LogP contribution in [-0.2, 0) is 0 Å². The minimum Gasteiger partial charge on any atom is -0.423 e. The van der Waals surface area contributed by atoms with Crippen LogP contribution in [0.15, 0.2) is 16.9 Å². The van der Waals surface area contributed by atoms with Crippen molar-refractivity contribution in [2.24, 2.45) is 0 Å². The molecule has 1 heterocycles. The van der Waals surface area contributed by atoms with Crippen LogP contribution in [0.3, 0.4) is 0 Å². The molecule has 1 aromatic heterocycles. The highest BCUT2D eigenvalue weighted by atomic mass is 79.9. The first kappa shape index (κ1) is 9.37. The highest BCUT2D eigenvalue weighted by molar-refractivity contribution is 9.10. The molecule has 0 unspecified atom stereocenters. The van der Waals surface area contributed by atoms with Gasteiger partial charge in [0.25, 0.3) is 0 Å². The van der Waals surface area contributed by atoms with Crippen LogP contribution in [0.2, 0.25) is 0 Å². The maximum Gasteiger partial charge on any atom is 0.489 e. The Balaban J connectivity index is 3.21. The molecule has 0 saturated heterocycles. The Bertz CT molecular complexity index is 305. The van der Waals surface area contributed by atoms with Gasteiger partial charge in [0.1, 0.15) is 4.60 Å². The van der Waals surface area contributed by atoms with Gasteiger partial charge in [-0.2, -0.15) is 0 Å². The van der Waals surface area contributed by atoms with E-state index < -0.39 is 7.12 Å². The molecule has 0 fully saturated rings. The molecule has 4 nitrogen and oxygen atoms in total. The summed E-state index contributed by atoms with van der Waals surface area (Å²) in [6, 6.07) is 1.38. The lowest BCUT2D eigenvalue weighted by molar-refractivity contribution is 0.112. The van der Waals surface area contributed by atoms with Crippen molar-refractivity contribution in [2.75, 3.05) is 0 Å². The van der Waals surface area contributed by atoms with Gasteiger partial charge in [-0.15, -0.1) is 0 Å². The van der Waals surface area contributed by atoms with Gasteiger partial charge in [0.15, 0.2) is 6.29 Å². The average Bonchev–Trinajstić information content (AvgIpc) is 2.04. The number of aldehydes is 1. The SMILES string of the molecule is O=Cc1cnc(Br)cc1B(O)O. The molecule has 0 amide bonds. The summed E-state index contributed by atoms with van der Waals surface area (Å²) in [5.74, 6) is 0. The Morgan fingerprint density at radius 2 is 2.25 bits per heavy atom. The molecular formula is C6H5BBrNO3. The highest BCUT2D eigenvalue weighted by Crippen LogP contribution is 2.03. The molecule has 6 heteroatoms. The lowest BCUT2D eigenvalue weighted by atomic mass is 9.78. The Kier molecular flexibility index (Phi) is 2.96. The first-order chi connectivity index (χ1) is 5.65. The average molecular weight is 230 g/mol. The maximum atomic E-state index is 10.4. The Labute approximate surface area is 77.5 Å². The Morgan fingerprint density at radius 3 is 2.75 bits per heavy atom. The van der Waals surface area contributed by atoms with Crippen molar-refractivity contribution in [3.63, 3.8) is 0 Å². The summed E-state index contributed by atoms with van der Waals surface area (Å²) >= 11 is 3.04. The second kappa shape index (κ2) is 3.80. The largest absolute Gasteiger partial charge is 0.489 e. The summed E-state index contributed by atoms with van der Waals surface area (Å²) in [7, 11) is -1.65. The molecule has 12 heavy (non-hydrogen) atoms. The number of carbonyl (C=O) groups is 1. The zero-order valence-electron chi connectivity index (χ0n) is 5.94. The Hall–Kier alpha value is -0.715. The van der Waals surface area contributed by atoms with E-state index in [1.807, 2.05) is 0 Å². The summed E-state index contributed by atoms with van der Waals surface area (Å²) in [6.07, 6.45) is 1.79. The third kappa shape index (κ3) is 1.91. The van der Waals surface area contributed by atoms with E-state index in [0.29, 0.717) is 10.9 Å². The second-order valence-electron chi connectivity index (χ2n) is 2.13. The lowest BCUT2D eigenvalue weighted by Gasteiger charge is -2.01. The van der Waals surface area contributed by atoms with Crippen LogP contribution in [0.25, 0.3) is 0 Å². The molecule has 0 saturated carbocycles. The quantitative estimate of drug-likeness (QED) is 0.401. The zero-order valence-corrected chi connectivity index (χ0v) is 7.52. The maximum absolute atomic E-state index is 10.4. The van der Waals surface area contributed by atoms with Gasteiger partial charge in [-0.25, -0.2) is 4.98 Å². The lowest BCUT2D eigenvalue weighted by Crippen LogP contribution is -2.33. The molecule has 0 aliphatic rings. The number of hydrogen-bond acceptors (Lipinski definition) is 4. The fourth-order valence-corrected chi connectivity index (χ4v) is 1.13. The van der Waals surface area contributed by atoms with E-state index in [1.54, 1.807) is 0 Å².